The standard InChI is InChI=1S/C18H20N4/c1-3-19-18-21-16-12-8-7-11-15(16)17(22-18)20-13(2)14-9-5-4-6-10-14/h4-13H,3H2,1-2H3,(H2,19,20,21,22). The SMILES string of the molecule is CCNc1nc(NC(C)c2ccccc2)c2ccccc2n1. The number of hydrogen-bond acceptors (Lipinski definition) is 4. The van der Waals surface area contributed by atoms with Gasteiger partial charge in [-0.2, -0.15) is 4.98 Å². The summed E-state index contributed by atoms with van der Waals surface area (Å²) < 4.78 is 0. The van der Waals surface area contributed by atoms with Gasteiger partial charge < -0.3 is 10.6 Å². The molecule has 0 saturated heterocycles. The Morgan fingerprint density at radius 3 is 2.45 bits per heavy atom. The average Bonchev–Trinajstić information content (AvgIpc) is 2.56. The van der Waals surface area contributed by atoms with Crippen LogP contribution in [0.25, 0.3) is 10.9 Å². The van der Waals surface area contributed by atoms with Gasteiger partial charge in [0.2, 0.25) is 5.95 Å². The Bertz CT molecular complexity index is 755. The zero-order chi connectivity index (χ0) is 15.4. The lowest BCUT2D eigenvalue weighted by molar-refractivity contribution is 0.876. The summed E-state index contributed by atoms with van der Waals surface area (Å²) in [4.78, 5) is 9.17. The summed E-state index contributed by atoms with van der Waals surface area (Å²) in [6.07, 6.45) is 0. The van der Waals surface area contributed by atoms with E-state index >= 15 is 0 Å². The molecule has 0 aliphatic rings. The maximum absolute atomic E-state index is 4.62. The van der Waals surface area contributed by atoms with Crippen molar-refractivity contribution in [2.24, 2.45) is 0 Å². The van der Waals surface area contributed by atoms with Crippen LogP contribution < -0.4 is 10.6 Å². The van der Waals surface area contributed by atoms with Gasteiger partial charge in [-0.05, 0) is 31.5 Å². The van der Waals surface area contributed by atoms with Crippen LogP contribution in [0.5, 0.6) is 0 Å². The molecular formula is C18H20N4. The third-order valence-corrected chi connectivity index (χ3v) is 3.59. The highest BCUT2D eigenvalue weighted by Crippen LogP contribution is 2.25. The van der Waals surface area contributed by atoms with Gasteiger partial charge in [0, 0.05) is 18.0 Å². The van der Waals surface area contributed by atoms with Crippen LogP contribution in [0.15, 0.2) is 54.6 Å². The monoisotopic (exact) mass is 292 g/mol. The Morgan fingerprint density at radius 2 is 1.68 bits per heavy atom. The van der Waals surface area contributed by atoms with Gasteiger partial charge in [-0.1, -0.05) is 42.5 Å². The molecule has 3 aromatic rings. The predicted molar refractivity (Wildman–Crippen MR) is 92.2 cm³/mol. The van der Waals surface area contributed by atoms with E-state index in [0.717, 1.165) is 23.3 Å². The van der Waals surface area contributed by atoms with E-state index in [4.69, 9.17) is 0 Å². The Balaban J connectivity index is 1.98. The van der Waals surface area contributed by atoms with Crippen LogP contribution in [-0.4, -0.2) is 16.5 Å². The average molecular weight is 292 g/mol. The van der Waals surface area contributed by atoms with Crippen LogP contribution >= 0.6 is 0 Å². The van der Waals surface area contributed by atoms with Gasteiger partial charge in [-0.3, -0.25) is 0 Å². The van der Waals surface area contributed by atoms with Gasteiger partial charge >= 0.3 is 0 Å². The van der Waals surface area contributed by atoms with Gasteiger partial charge in [0.05, 0.1) is 5.52 Å². The lowest BCUT2D eigenvalue weighted by Crippen LogP contribution is -2.11. The second-order valence-corrected chi connectivity index (χ2v) is 5.22. The van der Waals surface area contributed by atoms with Crippen molar-refractivity contribution in [1.29, 1.82) is 0 Å². The van der Waals surface area contributed by atoms with E-state index in [1.807, 2.05) is 37.3 Å². The summed E-state index contributed by atoms with van der Waals surface area (Å²) in [6.45, 7) is 4.98. The predicted octanol–water partition coefficient (Wildman–Crippen LogP) is 4.23. The Morgan fingerprint density at radius 1 is 0.955 bits per heavy atom. The van der Waals surface area contributed by atoms with E-state index in [0.29, 0.717) is 5.95 Å². The maximum Gasteiger partial charge on any atom is 0.225 e. The molecule has 3 rings (SSSR count). The molecule has 0 saturated carbocycles. The Kier molecular flexibility index (Phi) is 4.19. The number of nitrogens with one attached hydrogen (secondary N) is 2. The van der Waals surface area contributed by atoms with E-state index < -0.39 is 0 Å². The van der Waals surface area contributed by atoms with E-state index in [2.05, 4.69) is 51.8 Å². The minimum Gasteiger partial charge on any atom is -0.363 e. The highest BCUT2D eigenvalue weighted by Gasteiger charge is 2.11. The van der Waals surface area contributed by atoms with Crippen LogP contribution in [0, 0.1) is 0 Å². The molecule has 0 amide bonds. The van der Waals surface area contributed by atoms with Gasteiger partial charge in [0.15, 0.2) is 0 Å². The summed E-state index contributed by atoms with van der Waals surface area (Å²) in [5.74, 6) is 1.52. The molecule has 0 aliphatic heterocycles. The smallest absolute Gasteiger partial charge is 0.225 e. The maximum atomic E-state index is 4.62. The van der Waals surface area contributed by atoms with E-state index in [9.17, 15) is 0 Å². The van der Waals surface area contributed by atoms with E-state index in [-0.39, 0.29) is 6.04 Å². The van der Waals surface area contributed by atoms with Crippen LogP contribution in [-0.2, 0) is 0 Å². The first-order chi connectivity index (χ1) is 10.8. The van der Waals surface area contributed by atoms with Crippen molar-refractivity contribution in [1.82, 2.24) is 9.97 Å². The van der Waals surface area contributed by atoms with Crippen molar-refractivity contribution in [3.8, 4) is 0 Å². The van der Waals surface area contributed by atoms with Gasteiger partial charge in [-0.25, -0.2) is 4.98 Å². The lowest BCUT2D eigenvalue weighted by Gasteiger charge is -2.17. The van der Waals surface area contributed by atoms with Crippen molar-refractivity contribution < 1.29 is 0 Å². The van der Waals surface area contributed by atoms with Crippen molar-refractivity contribution >= 4 is 22.7 Å². The van der Waals surface area contributed by atoms with Crippen LogP contribution in [0.2, 0.25) is 0 Å². The molecule has 1 unspecified atom stereocenters. The highest BCUT2D eigenvalue weighted by molar-refractivity contribution is 5.90. The van der Waals surface area contributed by atoms with Gasteiger partial charge in [-0.15, -0.1) is 0 Å². The summed E-state index contributed by atoms with van der Waals surface area (Å²) in [6, 6.07) is 18.6. The summed E-state index contributed by atoms with van der Waals surface area (Å²) >= 11 is 0. The Labute approximate surface area is 130 Å². The first-order valence-electron chi connectivity index (χ1n) is 7.60. The van der Waals surface area contributed by atoms with E-state index in [1.54, 1.807) is 0 Å². The number of hydrogen-bond donors (Lipinski definition) is 2. The molecular weight excluding hydrogens is 272 g/mol. The number of nitrogens with zero attached hydrogens (tertiary/aromatic N) is 2. The Hall–Kier alpha value is -2.62. The number of rotatable bonds is 5. The van der Waals surface area contributed by atoms with Gasteiger partial charge in [0.25, 0.3) is 0 Å². The molecule has 0 radical (unpaired) electrons. The minimum absolute atomic E-state index is 0.175. The molecule has 4 nitrogen and oxygen atoms in total. The van der Waals surface area contributed by atoms with Crippen LogP contribution in [0.3, 0.4) is 0 Å². The minimum atomic E-state index is 0.175. The van der Waals surface area contributed by atoms with Crippen molar-refractivity contribution in [2.75, 3.05) is 17.2 Å². The van der Waals surface area contributed by atoms with Crippen LogP contribution in [0.1, 0.15) is 25.5 Å². The second kappa shape index (κ2) is 6.43. The molecule has 2 aromatic carbocycles. The highest BCUT2D eigenvalue weighted by atomic mass is 15.1. The fourth-order valence-electron chi connectivity index (χ4n) is 2.45. The molecule has 1 atom stereocenters. The zero-order valence-corrected chi connectivity index (χ0v) is 12.9. The third-order valence-electron chi connectivity index (χ3n) is 3.59. The normalized spacial score (nSPS) is 12.1. The fraction of sp³-hybridized carbons (Fsp3) is 0.222. The number of fused-ring (bicyclic) bond motifs is 1. The number of para-hydroxylation sites is 1. The topological polar surface area (TPSA) is 49.8 Å². The molecule has 0 bridgehead atoms. The first-order valence-corrected chi connectivity index (χ1v) is 7.60. The molecule has 1 heterocycles. The number of anilines is 2. The molecule has 0 fully saturated rings. The summed E-state index contributed by atoms with van der Waals surface area (Å²) in [7, 11) is 0. The lowest BCUT2D eigenvalue weighted by atomic mass is 10.1. The van der Waals surface area contributed by atoms with Gasteiger partial charge in [0.1, 0.15) is 5.82 Å². The largest absolute Gasteiger partial charge is 0.363 e. The fourth-order valence-corrected chi connectivity index (χ4v) is 2.45. The first kappa shape index (κ1) is 14.3. The van der Waals surface area contributed by atoms with Crippen molar-refractivity contribution in [2.45, 2.75) is 19.9 Å². The number of benzene rings is 2. The molecule has 22 heavy (non-hydrogen) atoms. The molecule has 2 N–H and O–H groups in total. The number of aromatic nitrogens is 2. The summed E-state index contributed by atoms with van der Waals surface area (Å²) in [5, 5.41) is 7.73. The molecule has 4 heteroatoms. The van der Waals surface area contributed by atoms with Crippen molar-refractivity contribution in [3.63, 3.8) is 0 Å². The van der Waals surface area contributed by atoms with E-state index in [1.165, 1.54) is 5.56 Å². The second-order valence-electron chi connectivity index (χ2n) is 5.22. The molecule has 0 aliphatic carbocycles. The molecule has 1 aromatic heterocycles. The molecule has 0 spiro atoms. The molecule has 112 valence electrons. The van der Waals surface area contributed by atoms with Crippen molar-refractivity contribution in [3.05, 3.63) is 60.2 Å². The third kappa shape index (κ3) is 3.01. The van der Waals surface area contributed by atoms with Crippen LogP contribution in [0.4, 0.5) is 11.8 Å². The zero-order valence-electron chi connectivity index (χ0n) is 12.9. The summed E-state index contributed by atoms with van der Waals surface area (Å²) in [5.41, 5.74) is 2.17. The quantitative estimate of drug-likeness (QED) is 0.738.